The predicted molar refractivity (Wildman–Crippen MR) is 77.8 cm³/mol. The fraction of sp³-hybridized carbons (Fsp3) is 0.600. The van der Waals surface area contributed by atoms with Crippen molar-refractivity contribution < 1.29 is 4.39 Å². The summed E-state index contributed by atoms with van der Waals surface area (Å²) in [6.07, 6.45) is 2.37. The third-order valence-corrected chi connectivity index (χ3v) is 4.60. The molecule has 1 aliphatic rings. The Kier molecular flexibility index (Phi) is 4.82. The number of benzene rings is 1. The third kappa shape index (κ3) is 3.10. The molecule has 2 N–H and O–H groups in total. The minimum absolute atomic E-state index is 0.0866. The molecule has 2 rings (SSSR count). The van der Waals surface area contributed by atoms with E-state index >= 15 is 0 Å². The minimum Gasteiger partial charge on any atom is -0.329 e. The van der Waals surface area contributed by atoms with Crippen LogP contribution in [0.3, 0.4) is 0 Å². The van der Waals surface area contributed by atoms with Crippen LogP contribution in [0.25, 0.3) is 0 Å². The minimum atomic E-state index is -0.217. The number of nitrogens with two attached hydrogens (primary N) is 1. The van der Waals surface area contributed by atoms with E-state index in [0.29, 0.717) is 29.1 Å². The molecule has 1 aliphatic heterocycles. The highest BCUT2D eigenvalue weighted by Crippen LogP contribution is 2.32. The zero-order chi connectivity index (χ0) is 14.0. The summed E-state index contributed by atoms with van der Waals surface area (Å²) in [5.74, 6) is 0.398. The zero-order valence-electron chi connectivity index (χ0n) is 11.6. The lowest BCUT2D eigenvalue weighted by Crippen LogP contribution is -2.46. The number of hydrogen-bond donors (Lipinski definition) is 1. The normalized spacial score (nSPS) is 26.4. The lowest BCUT2D eigenvalue weighted by molar-refractivity contribution is 0.0694. The van der Waals surface area contributed by atoms with Gasteiger partial charge in [-0.05, 0) is 50.4 Å². The fourth-order valence-corrected chi connectivity index (χ4v) is 3.20. The van der Waals surface area contributed by atoms with Gasteiger partial charge >= 0.3 is 0 Å². The smallest absolute Gasteiger partial charge is 0.128 e. The van der Waals surface area contributed by atoms with Crippen molar-refractivity contribution in [3.8, 4) is 0 Å². The Morgan fingerprint density at radius 2 is 2.21 bits per heavy atom. The van der Waals surface area contributed by atoms with E-state index < -0.39 is 0 Å². The maximum Gasteiger partial charge on any atom is 0.128 e. The first-order valence-electron chi connectivity index (χ1n) is 6.95. The van der Waals surface area contributed by atoms with Gasteiger partial charge in [-0.3, -0.25) is 4.90 Å². The van der Waals surface area contributed by atoms with Crippen LogP contribution in [0.2, 0.25) is 5.02 Å². The molecule has 3 atom stereocenters. The Morgan fingerprint density at radius 1 is 1.47 bits per heavy atom. The van der Waals surface area contributed by atoms with Gasteiger partial charge in [-0.2, -0.15) is 0 Å². The quantitative estimate of drug-likeness (QED) is 0.919. The van der Waals surface area contributed by atoms with Crippen LogP contribution in [0.15, 0.2) is 18.2 Å². The monoisotopic (exact) mass is 284 g/mol. The molecular formula is C15H22ClFN2. The SMILES string of the molecule is CC1CCCN(C(CN)c2cc(Cl)ccc2F)C1C. The highest BCUT2D eigenvalue weighted by Gasteiger charge is 2.31. The van der Waals surface area contributed by atoms with Crippen LogP contribution in [0.4, 0.5) is 4.39 Å². The molecule has 0 spiro atoms. The van der Waals surface area contributed by atoms with Crippen molar-refractivity contribution in [2.75, 3.05) is 13.1 Å². The first-order chi connectivity index (χ1) is 9.04. The molecule has 0 bridgehead atoms. The van der Waals surface area contributed by atoms with E-state index in [1.54, 1.807) is 12.1 Å². The van der Waals surface area contributed by atoms with Crippen LogP contribution in [-0.2, 0) is 0 Å². The van der Waals surface area contributed by atoms with Crippen molar-refractivity contribution in [2.45, 2.75) is 38.8 Å². The summed E-state index contributed by atoms with van der Waals surface area (Å²) in [5.41, 5.74) is 6.53. The summed E-state index contributed by atoms with van der Waals surface area (Å²) in [6.45, 7) is 5.83. The van der Waals surface area contributed by atoms with Gasteiger partial charge in [0.2, 0.25) is 0 Å². The second kappa shape index (κ2) is 6.21. The van der Waals surface area contributed by atoms with E-state index in [1.165, 1.54) is 12.5 Å². The van der Waals surface area contributed by atoms with Crippen molar-refractivity contribution in [3.05, 3.63) is 34.6 Å². The number of halogens is 2. The standard InChI is InChI=1S/C15H22ClFN2/c1-10-4-3-7-19(11(10)2)15(9-18)13-8-12(16)5-6-14(13)17/h5-6,8,10-11,15H,3-4,7,9,18H2,1-2H3. The molecule has 0 aliphatic carbocycles. The van der Waals surface area contributed by atoms with E-state index in [-0.39, 0.29) is 11.9 Å². The topological polar surface area (TPSA) is 29.3 Å². The Hall–Kier alpha value is -0.640. The molecule has 3 unspecified atom stereocenters. The molecule has 0 saturated carbocycles. The number of hydrogen-bond acceptors (Lipinski definition) is 2. The lowest BCUT2D eigenvalue weighted by atomic mass is 9.89. The maximum absolute atomic E-state index is 14.0. The molecule has 0 aromatic heterocycles. The average molecular weight is 285 g/mol. The first kappa shape index (κ1) is 14.8. The first-order valence-corrected chi connectivity index (χ1v) is 7.33. The van der Waals surface area contributed by atoms with Crippen LogP contribution >= 0.6 is 11.6 Å². The average Bonchev–Trinajstić information content (AvgIpc) is 2.39. The van der Waals surface area contributed by atoms with Gasteiger partial charge in [0.05, 0.1) is 6.04 Å². The number of piperidine rings is 1. The molecule has 106 valence electrons. The molecule has 0 amide bonds. The Labute approximate surface area is 119 Å². The number of likely N-dealkylation sites (tertiary alicyclic amines) is 1. The number of rotatable bonds is 3. The second-order valence-corrected chi connectivity index (χ2v) is 5.95. The van der Waals surface area contributed by atoms with Crippen molar-refractivity contribution in [2.24, 2.45) is 11.7 Å². The van der Waals surface area contributed by atoms with E-state index in [4.69, 9.17) is 17.3 Å². The molecular weight excluding hydrogens is 263 g/mol. The maximum atomic E-state index is 14.0. The lowest BCUT2D eigenvalue weighted by Gasteiger charge is -2.42. The molecule has 4 heteroatoms. The Bertz CT molecular complexity index is 438. The van der Waals surface area contributed by atoms with Gasteiger partial charge in [-0.1, -0.05) is 18.5 Å². The highest BCUT2D eigenvalue weighted by atomic mass is 35.5. The van der Waals surface area contributed by atoms with Gasteiger partial charge < -0.3 is 5.73 Å². The summed E-state index contributed by atoms with van der Waals surface area (Å²) in [6, 6.07) is 5.05. The molecule has 1 heterocycles. The van der Waals surface area contributed by atoms with E-state index in [9.17, 15) is 4.39 Å². The number of nitrogens with zero attached hydrogens (tertiary/aromatic N) is 1. The Morgan fingerprint density at radius 3 is 2.89 bits per heavy atom. The van der Waals surface area contributed by atoms with E-state index in [0.717, 1.165) is 13.0 Å². The van der Waals surface area contributed by atoms with Gasteiger partial charge in [-0.15, -0.1) is 0 Å². The van der Waals surface area contributed by atoms with Crippen molar-refractivity contribution in [3.63, 3.8) is 0 Å². The van der Waals surface area contributed by atoms with Crippen molar-refractivity contribution in [1.29, 1.82) is 0 Å². The van der Waals surface area contributed by atoms with Crippen LogP contribution in [0.1, 0.15) is 38.3 Å². The van der Waals surface area contributed by atoms with Crippen molar-refractivity contribution >= 4 is 11.6 Å². The molecule has 19 heavy (non-hydrogen) atoms. The third-order valence-electron chi connectivity index (χ3n) is 4.36. The summed E-state index contributed by atoms with van der Waals surface area (Å²) < 4.78 is 14.0. The van der Waals surface area contributed by atoms with Crippen LogP contribution < -0.4 is 5.73 Å². The second-order valence-electron chi connectivity index (χ2n) is 5.52. The van der Waals surface area contributed by atoms with Gasteiger partial charge in [0.25, 0.3) is 0 Å². The summed E-state index contributed by atoms with van der Waals surface area (Å²) in [7, 11) is 0. The van der Waals surface area contributed by atoms with Crippen LogP contribution in [-0.4, -0.2) is 24.0 Å². The summed E-state index contributed by atoms with van der Waals surface area (Å²) in [5, 5.41) is 0.563. The van der Waals surface area contributed by atoms with Gasteiger partial charge in [-0.25, -0.2) is 4.39 Å². The van der Waals surface area contributed by atoms with E-state index in [2.05, 4.69) is 18.7 Å². The molecule has 1 aromatic rings. The van der Waals surface area contributed by atoms with Gasteiger partial charge in [0, 0.05) is 23.2 Å². The predicted octanol–water partition coefficient (Wildman–Crippen LogP) is 3.60. The molecule has 0 radical (unpaired) electrons. The zero-order valence-corrected chi connectivity index (χ0v) is 12.3. The van der Waals surface area contributed by atoms with Gasteiger partial charge in [0.1, 0.15) is 5.82 Å². The van der Waals surface area contributed by atoms with E-state index in [1.807, 2.05) is 0 Å². The molecule has 2 nitrogen and oxygen atoms in total. The molecule has 1 aromatic carbocycles. The summed E-state index contributed by atoms with van der Waals surface area (Å²) in [4.78, 5) is 2.32. The molecule has 1 fully saturated rings. The Balaban J connectivity index is 2.30. The van der Waals surface area contributed by atoms with Gasteiger partial charge in [0.15, 0.2) is 0 Å². The summed E-state index contributed by atoms with van der Waals surface area (Å²) >= 11 is 6.00. The van der Waals surface area contributed by atoms with Crippen LogP contribution in [0, 0.1) is 11.7 Å². The molecule has 1 saturated heterocycles. The van der Waals surface area contributed by atoms with Crippen LogP contribution in [0.5, 0.6) is 0 Å². The fourth-order valence-electron chi connectivity index (χ4n) is 3.02. The largest absolute Gasteiger partial charge is 0.329 e. The highest BCUT2D eigenvalue weighted by molar-refractivity contribution is 6.30. The van der Waals surface area contributed by atoms with Crippen molar-refractivity contribution in [1.82, 2.24) is 4.90 Å².